The van der Waals surface area contributed by atoms with Crippen LogP contribution in [0, 0.1) is 0 Å². The number of ether oxygens (including phenoxy) is 2. The third kappa shape index (κ3) is 2.94. The van der Waals surface area contributed by atoms with Gasteiger partial charge in [-0.25, -0.2) is 0 Å². The fraction of sp³-hybridized carbons (Fsp3) is 0.500. The van der Waals surface area contributed by atoms with Crippen LogP contribution in [0.25, 0.3) is 0 Å². The summed E-state index contributed by atoms with van der Waals surface area (Å²) in [6, 6.07) is 5.04. The Labute approximate surface area is 107 Å². The third-order valence-corrected chi connectivity index (χ3v) is 3.08. The molecule has 1 aliphatic heterocycles. The van der Waals surface area contributed by atoms with Crippen LogP contribution in [-0.2, 0) is 0 Å². The lowest BCUT2D eigenvalue weighted by molar-refractivity contribution is 0.0824. The summed E-state index contributed by atoms with van der Waals surface area (Å²) in [5.41, 5.74) is 5.69. The topological polar surface area (TPSA) is 61.5 Å². The highest BCUT2D eigenvalue weighted by molar-refractivity contribution is 5.93. The van der Waals surface area contributed by atoms with E-state index in [9.17, 15) is 4.79 Å². The molecule has 1 heterocycles. The van der Waals surface area contributed by atoms with Crippen molar-refractivity contribution in [3.8, 4) is 11.5 Å². The normalized spacial score (nSPS) is 17.5. The summed E-state index contributed by atoms with van der Waals surface area (Å²) < 4.78 is 11.5. The zero-order valence-electron chi connectivity index (χ0n) is 10.6. The molecule has 1 aromatic carbocycles. The summed E-state index contributed by atoms with van der Waals surface area (Å²) in [6.45, 7) is 2.75. The molecule has 1 atom stereocenters. The van der Waals surface area contributed by atoms with Gasteiger partial charge in [0.05, 0.1) is 0 Å². The van der Waals surface area contributed by atoms with Crippen molar-refractivity contribution in [3.63, 3.8) is 0 Å². The van der Waals surface area contributed by atoms with Crippen LogP contribution < -0.4 is 15.2 Å². The van der Waals surface area contributed by atoms with Gasteiger partial charge in [-0.1, -0.05) is 19.8 Å². The van der Waals surface area contributed by atoms with Gasteiger partial charge in [0, 0.05) is 5.56 Å². The summed E-state index contributed by atoms with van der Waals surface area (Å²) >= 11 is 0. The van der Waals surface area contributed by atoms with Gasteiger partial charge in [-0.2, -0.15) is 0 Å². The Morgan fingerprint density at radius 1 is 1.39 bits per heavy atom. The molecule has 1 unspecified atom stereocenters. The van der Waals surface area contributed by atoms with Crippen molar-refractivity contribution in [2.45, 2.75) is 38.7 Å². The average molecular weight is 249 g/mol. The number of hydrogen-bond acceptors (Lipinski definition) is 3. The summed E-state index contributed by atoms with van der Waals surface area (Å²) in [6.07, 6.45) is 4.58. The fourth-order valence-corrected chi connectivity index (χ4v) is 2.03. The Kier molecular flexibility index (Phi) is 4.07. The third-order valence-electron chi connectivity index (χ3n) is 3.08. The van der Waals surface area contributed by atoms with E-state index in [1.807, 2.05) is 0 Å². The van der Waals surface area contributed by atoms with E-state index in [-0.39, 0.29) is 6.10 Å². The van der Waals surface area contributed by atoms with Crippen molar-refractivity contribution in [3.05, 3.63) is 23.8 Å². The largest absolute Gasteiger partial charge is 0.486 e. The summed E-state index contributed by atoms with van der Waals surface area (Å²) in [5.74, 6) is 0.861. The van der Waals surface area contributed by atoms with Crippen molar-refractivity contribution in [1.29, 1.82) is 0 Å². The van der Waals surface area contributed by atoms with E-state index in [2.05, 4.69) is 6.92 Å². The molecule has 1 amide bonds. The van der Waals surface area contributed by atoms with Gasteiger partial charge in [0.2, 0.25) is 5.91 Å². The molecule has 18 heavy (non-hydrogen) atoms. The van der Waals surface area contributed by atoms with Crippen LogP contribution in [0.15, 0.2) is 18.2 Å². The molecule has 1 aromatic rings. The Bertz CT molecular complexity index is 431. The predicted molar refractivity (Wildman–Crippen MR) is 69.0 cm³/mol. The highest BCUT2D eigenvalue weighted by Gasteiger charge is 2.21. The van der Waals surface area contributed by atoms with Crippen LogP contribution in [0.5, 0.6) is 11.5 Å². The van der Waals surface area contributed by atoms with Crippen LogP contribution >= 0.6 is 0 Å². The van der Waals surface area contributed by atoms with Crippen molar-refractivity contribution in [2.24, 2.45) is 5.73 Å². The average Bonchev–Trinajstić information content (AvgIpc) is 2.38. The number of hydrogen-bond donors (Lipinski definition) is 1. The Hall–Kier alpha value is -1.71. The van der Waals surface area contributed by atoms with Gasteiger partial charge in [0.25, 0.3) is 0 Å². The van der Waals surface area contributed by atoms with E-state index in [0.717, 1.165) is 12.8 Å². The monoisotopic (exact) mass is 249 g/mol. The number of primary amides is 1. The number of rotatable bonds is 5. The first-order valence-corrected chi connectivity index (χ1v) is 6.44. The minimum absolute atomic E-state index is 0.0761. The summed E-state index contributed by atoms with van der Waals surface area (Å²) in [4.78, 5) is 11.1. The molecule has 2 N–H and O–H groups in total. The maximum Gasteiger partial charge on any atom is 0.248 e. The molecule has 0 radical (unpaired) electrons. The molecule has 0 saturated heterocycles. The molecule has 0 bridgehead atoms. The molecule has 0 fully saturated rings. The first-order valence-electron chi connectivity index (χ1n) is 6.44. The fourth-order valence-electron chi connectivity index (χ4n) is 2.03. The van der Waals surface area contributed by atoms with Gasteiger partial charge in [-0.05, 0) is 31.0 Å². The lowest BCUT2D eigenvalue weighted by Crippen LogP contribution is -2.29. The van der Waals surface area contributed by atoms with Gasteiger partial charge in [0.1, 0.15) is 12.7 Å². The summed E-state index contributed by atoms with van der Waals surface area (Å²) in [5, 5.41) is 0. The first-order chi connectivity index (χ1) is 8.70. The van der Waals surface area contributed by atoms with Gasteiger partial charge >= 0.3 is 0 Å². The minimum atomic E-state index is -0.450. The van der Waals surface area contributed by atoms with Crippen LogP contribution in [-0.4, -0.2) is 18.6 Å². The van der Waals surface area contributed by atoms with E-state index < -0.39 is 5.91 Å². The van der Waals surface area contributed by atoms with Crippen LogP contribution in [0.4, 0.5) is 0 Å². The Balaban J connectivity index is 2.02. The number of benzene rings is 1. The van der Waals surface area contributed by atoms with Crippen molar-refractivity contribution < 1.29 is 14.3 Å². The molecule has 4 nitrogen and oxygen atoms in total. The quantitative estimate of drug-likeness (QED) is 0.815. The minimum Gasteiger partial charge on any atom is -0.486 e. The number of nitrogens with two attached hydrogens (primary N) is 1. The van der Waals surface area contributed by atoms with Gasteiger partial charge in [-0.15, -0.1) is 0 Å². The van der Waals surface area contributed by atoms with E-state index >= 15 is 0 Å². The molecule has 1 aliphatic rings. The second-order valence-corrected chi connectivity index (χ2v) is 4.57. The zero-order chi connectivity index (χ0) is 13.0. The van der Waals surface area contributed by atoms with E-state index in [1.165, 1.54) is 12.8 Å². The molecular weight excluding hydrogens is 230 g/mol. The van der Waals surface area contributed by atoms with Crippen LogP contribution in [0.1, 0.15) is 43.0 Å². The summed E-state index contributed by atoms with van der Waals surface area (Å²) in [7, 11) is 0. The number of carbonyl (C=O) groups is 1. The second-order valence-electron chi connectivity index (χ2n) is 4.57. The molecule has 0 aliphatic carbocycles. The van der Waals surface area contributed by atoms with Crippen molar-refractivity contribution in [2.75, 3.05) is 6.61 Å². The lowest BCUT2D eigenvalue weighted by atomic mass is 10.1. The highest BCUT2D eigenvalue weighted by atomic mass is 16.6. The Morgan fingerprint density at radius 3 is 2.94 bits per heavy atom. The molecule has 0 spiro atoms. The van der Waals surface area contributed by atoms with E-state index in [0.29, 0.717) is 23.7 Å². The van der Waals surface area contributed by atoms with Crippen molar-refractivity contribution >= 4 is 5.91 Å². The number of unbranched alkanes of at least 4 members (excludes halogenated alkanes) is 2. The second kappa shape index (κ2) is 5.76. The number of carbonyl (C=O) groups excluding carboxylic acids is 1. The molecule has 0 aromatic heterocycles. The maximum atomic E-state index is 11.1. The molecule has 98 valence electrons. The lowest BCUT2D eigenvalue weighted by Gasteiger charge is -2.26. The number of fused-ring (bicyclic) bond motifs is 1. The smallest absolute Gasteiger partial charge is 0.248 e. The van der Waals surface area contributed by atoms with Crippen LogP contribution in [0.3, 0.4) is 0 Å². The molecule has 0 saturated carbocycles. The molecule has 2 rings (SSSR count). The van der Waals surface area contributed by atoms with E-state index in [4.69, 9.17) is 15.2 Å². The van der Waals surface area contributed by atoms with Gasteiger partial charge in [-0.3, -0.25) is 4.79 Å². The Morgan fingerprint density at radius 2 is 2.22 bits per heavy atom. The van der Waals surface area contributed by atoms with E-state index in [1.54, 1.807) is 18.2 Å². The van der Waals surface area contributed by atoms with Gasteiger partial charge < -0.3 is 15.2 Å². The first kappa shape index (κ1) is 12.7. The SMILES string of the molecule is CCCCCC1COc2ccc(C(N)=O)cc2O1. The zero-order valence-corrected chi connectivity index (χ0v) is 10.6. The van der Waals surface area contributed by atoms with Gasteiger partial charge in [0.15, 0.2) is 11.5 Å². The van der Waals surface area contributed by atoms with Crippen molar-refractivity contribution in [1.82, 2.24) is 0 Å². The molecular formula is C14H19NO3. The van der Waals surface area contributed by atoms with Crippen LogP contribution in [0.2, 0.25) is 0 Å². The maximum absolute atomic E-state index is 11.1. The standard InChI is InChI=1S/C14H19NO3/c1-2-3-4-5-11-9-17-12-7-6-10(14(15)16)8-13(12)18-11/h6-8,11H,2-5,9H2,1H3,(H2,15,16). The predicted octanol–water partition coefficient (Wildman–Crippen LogP) is 2.51. The number of amides is 1. The molecule has 4 heteroatoms. The highest BCUT2D eigenvalue weighted by Crippen LogP contribution is 2.33.